The Hall–Kier alpha value is -1.55. The van der Waals surface area contributed by atoms with Crippen LogP contribution in [0.25, 0.3) is 0 Å². The van der Waals surface area contributed by atoms with Gasteiger partial charge in [-0.3, -0.25) is 4.79 Å². The molecule has 1 atom stereocenters. The summed E-state index contributed by atoms with van der Waals surface area (Å²) < 4.78 is 6.24. The largest absolute Gasteiger partial charge is 0.490 e. The molecule has 4 rings (SSSR count). The lowest BCUT2D eigenvalue weighted by Crippen LogP contribution is -2.61. The summed E-state index contributed by atoms with van der Waals surface area (Å²) in [6.45, 7) is 10.2. The van der Waals surface area contributed by atoms with E-state index in [9.17, 15) is 9.90 Å². The van der Waals surface area contributed by atoms with E-state index in [2.05, 4.69) is 45.0 Å². The topological polar surface area (TPSA) is 49.8 Å². The van der Waals surface area contributed by atoms with Crippen molar-refractivity contribution < 1.29 is 14.6 Å². The first-order chi connectivity index (χ1) is 12.6. The molecular weight excluding hydrogens is 338 g/mol. The van der Waals surface area contributed by atoms with E-state index < -0.39 is 5.60 Å². The maximum absolute atomic E-state index is 12.5. The van der Waals surface area contributed by atoms with Gasteiger partial charge in [0.2, 0.25) is 5.91 Å². The minimum Gasteiger partial charge on any atom is -0.490 e. The van der Waals surface area contributed by atoms with Crippen LogP contribution >= 0.6 is 0 Å². The Bertz CT molecular complexity index is 702. The molecule has 1 aromatic rings. The van der Waals surface area contributed by atoms with Gasteiger partial charge in [0.1, 0.15) is 5.75 Å². The number of hydrogen-bond acceptors (Lipinski definition) is 3. The highest BCUT2D eigenvalue weighted by Gasteiger charge is 2.53. The van der Waals surface area contributed by atoms with Crippen molar-refractivity contribution in [2.45, 2.75) is 76.9 Å². The lowest BCUT2D eigenvalue weighted by molar-refractivity contribution is -0.161. The summed E-state index contributed by atoms with van der Waals surface area (Å²) in [5, 5.41) is 9.86. The SMILES string of the molecule is CC(C)(C)c1ccc(OC2CCC3(C2)CN(C(=O)[C@H]2C[C@@](C)(O)C2)C3)cc1. The predicted octanol–water partition coefficient (Wildman–Crippen LogP) is 3.91. The van der Waals surface area contributed by atoms with Crippen molar-refractivity contribution in [2.75, 3.05) is 13.1 Å². The third-order valence-corrected chi connectivity index (χ3v) is 6.77. The first kappa shape index (κ1) is 18.8. The molecular formula is C23H33NO3. The van der Waals surface area contributed by atoms with E-state index in [0.717, 1.165) is 38.1 Å². The molecule has 1 aromatic carbocycles. The lowest BCUT2D eigenvalue weighted by atomic mass is 9.70. The van der Waals surface area contributed by atoms with E-state index >= 15 is 0 Å². The smallest absolute Gasteiger partial charge is 0.225 e. The van der Waals surface area contributed by atoms with Crippen LogP contribution in [0.3, 0.4) is 0 Å². The molecule has 3 aliphatic rings. The number of hydrogen-bond donors (Lipinski definition) is 1. The summed E-state index contributed by atoms with van der Waals surface area (Å²) in [5.41, 5.74) is 1.11. The van der Waals surface area contributed by atoms with Crippen molar-refractivity contribution in [3.8, 4) is 5.75 Å². The van der Waals surface area contributed by atoms with Gasteiger partial charge in [0.05, 0.1) is 11.7 Å². The summed E-state index contributed by atoms with van der Waals surface area (Å²) in [4.78, 5) is 14.5. The molecule has 0 bridgehead atoms. The molecule has 1 unspecified atom stereocenters. The molecule has 2 saturated carbocycles. The maximum atomic E-state index is 12.5. The van der Waals surface area contributed by atoms with Gasteiger partial charge in [0.15, 0.2) is 0 Å². The molecule has 1 N–H and O–H groups in total. The van der Waals surface area contributed by atoms with Crippen LogP contribution in [-0.2, 0) is 10.2 Å². The fraction of sp³-hybridized carbons (Fsp3) is 0.696. The van der Waals surface area contributed by atoms with Gasteiger partial charge in [-0.15, -0.1) is 0 Å². The van der Waals surface area contributed by atoms with Gasteiger partial charge in [-0.05, 0) is 62.1 Å². The first-order valence-electron chi connectivity index (χ1n) is 10.3. The first-order valence-corrected chi connectivity index (χ1v) is 10.3. The average molecular weight is 372 g/mol. The average Bonchev–Trinajstić information content (AvgIpc) is 2.94. The third-order valence-electron chi connectivity index (χ3n) is 6.77. The van der Waals surface area contributed by atoms with E-state index in [4.69, 9.17) is 4.74 Å². The van der Waals surface area contributed by atoms with Crippen molar-refractivity contribution in [1.82, 2.24) is 4.90 Å². The molecule has 1 aliphatic heterocycles. The minimum absolute atomic E-state index is 0.0344. The summed E-state index contributed by atoms with van der Waals surface area (Å²) in [6, 6.07) is 8.50. The lowest BCUT2D eigenvalue weighted by Gasteiger charge is -2.51. The van der Waals surface area contributed by atoms with E-state index in [1.165, 1.54) is 5.56 Å². The van der Waals surface area contributed by atoms with E-state index in [1.54, 1.807) is 0 Å². The summed E-state index contributed by atoms with van der Waals surface area (Å²) in [7, 11) is 0. The maximum Gasteiger partial charge on any atom is 0.225 e. The van der Waals surface area contributed by atoms with Crippen LogP contribution in [0.5, 0.6) is 5.75 Å². The number of ether oxygens (including phenoxy) is 1. The van der Waals surface area contributed by atoms with E-state index in [-0.39, 0.29) is 28.8 Å². The number of nitrogens with zero attached hydrogens (tertiary/aromatic N) is 1. The number of rotatable bonds is 3. The van der Waals surface area contributed by atoms with Gasteiger partial charge < -0.3 is 14.7 Å². The zero-order valence-electron chi connectivity index (χ0n) is 17.1. The molecule has 1 spiro atoms. The van der Waals surface area contributed by atoms with Gasteiger partial charge in [0, 0.05) is 24.4 Å². The second-order valence-corrected chi connectivity index (χ2v) is 10.6. The molecule has 1 amide bonds. The molecule has 148 valence electrons. The Balaban J connectivity index is 1.27. The van der Waals surface area contributed by atoms with Gasteiger partial charge >= 0.3 is 0 Å². The van der Waals surface area contributed by atoms with Gasteiger partial charge in [0.25, 0.3) is 0 Å². The molecule has 0 aromatic heterocycles. The number of likely N-dealkylation sites (tertiary alicyclic amines) is 1. The number of carbonyl (C=O) groups excluding carboxylic acids is 1. The van der Waals surface area contributed by atoms with Crippen molar-refractivity contribution >= 4 is 5.91 Å². The number of aliphatic hydroxyl groups is 1. The fourth-order valence-corrected chi connectivity index (χ4v) is 5.12. The Morgan fingerprint density at radius 2 is 1.78 bits per heavy atom. The summed E-state index contributed by atoms with van der Waals surface area (Å²) >= 11 is 0. The molecule has 27 heavy (non-hydrogen) atoms. The number of benzene rings is 1. The van der Waals surface area contributed by atoms with Crippen molar-refractivity contribution in [1.29, 1.82) is 0 Å². The van der Waals surface area contributed by atoms with Crippen LogP contribution < -0.4 is 4.74 Å². The number of carbonyl (C=O) groups is 1. The zero-order chi connectivity index (χ0) is 19.4. The Morgan fingerprint density at radius 1 is 1.15 bits per heavy atom. The van der Waals surface area contributed by atoms with Crippen molar-refractivity contribution in [2.24, 2.45) is 11.3 Å². The quantitative estimate of drug-likeness (QED) is 0.876. The van der Waals surface area contributed by atoms with Gasteiger partial charge in [-0.25, -0.2) is 0 Å². The second kappa shape index (κ2) is 6.23. The van der Waals surface area contributed by atoms with Crippen LogP contribution in [0.2, 0.25) is 0 Å². The van der Waals surface area contributed by atoms with Crippen molar-refractivity contribution in [3.63, 3.8) is 0 Å². The molecule has 4 heteroatoms. The summed E-state index contributed by atoms with van der Waals surface area (Å²) in [5.74, 6) is 1.23. The monoisotopic (exact) mass is 371 g/mol. The number of amides is 1. The van der Waals surface area contributed by atoms with Gasteiger partial charge in [-0.2, -0.15) is 0 Å². The molecule has 0 radical (unpaired) electrons. The Morgan fingerprint density at radius 3 is 2.33 bits per heavy atom. The highest BCUT2D eigenvalue weighted by molar-refractivity contribution is 5.81. The highest BCUT2D eigenvalue weighted by atomic mass is 16.5. The van der Waals surface area contributed by atoms with Crippen LogP contribution in [0, 0.1) is 11.3 Å². The highest BCUT2D eigenvalue weighted by Crippen LogP contribution is 2.48. The van der Waals surface area contributed by atoms with Crippen LogP contribution in [0.4, 0.5) is 0 Å². The van der Waals surface area contributed by atoms with E-state index in [1.807, 2.05) is 11.8 Å². The predicted molar refractivity (Wildman–Crippen MR) is 106 cm³/mol. The Kier molecular flexibility index (Phi) is 4.34. The standard InChI is InChI=1S/C23H33NO3/c1-21(2,3)17-5-7-18(8-6-17)27-19-9-10-23(13-19)14-24(15-23)20(25)16-11-22(4,26)12-16/h5-8,16,19,26H,9-15H2,1-4H3/t16-,19?,22+. The normalized spacial score (nSPS) is 32.1. The minimum atomic E-state index is -0.627. The second-order valence-electron chi connectivity index (χ2n) is 10.6. The fourth-order valence-electron chi connectivity index (χ4n) is 5.12. The Labute approximate surface area is 162 Å². The van der Waals surface area contributed by atoms with Crippen LogP contribution in [-0.4, -0.2) is 40.7 Å². The molecule has 3 fully saturated rings. The summed E-state index contributed by atoms with van der Waals surface area (Å²) in [6.07, 6.45) is 4.75. The molecule has 1 heterocycles. The molecule has 1 saturated heterocycles. The van der Waals surface area contributed by atoms with Crippen molar-refractivity contribution in [3.05, 3.63) is 29.8 Å². The molecule has 2 aliphatic carbocycles. The third kappa shape index (κ3) is 3.73. The molecule has 4 nitrogen and oxygen atoms in total. The van der Waals surface area contributed by atoms with Crippen LogP contribution in [0.1, 0.15) is 65.4 Å². The van der Waals surface area contributed by atoms with Gasteiger partial charge in [-0.1, -0.05) is 32.9 Å². The van der Waals surface area contributed by atoms with Crippen LogP contribution in [0.15, 0.2) is 24.3 Å². The van der Waals surface area contributed by atoms with E-state index in [0.29, 0.717) is 12.8 Å². The zero-order valence-corrected chi connectivity index (χ0v) is 17.1.